The van der Waals surface area contributed by atoms with E-state index in [0.717, 1.165) is 11.8 Å². The van der Waals surface area contributed by atoms with Gasteiger partial charge >= 0.3 is 0 Å². The first-order chi connectivity index (χ1) is 11.5. The van der Waals surface area contributed by atoms with Crippen LogP contribution in [0.2, 0.25) is 0 Å². The summed E-state index contributed by atoms with van der Waals surface area (Å²) in [7, 11) is 0. The van der Waals surface area contributed by atoms with Crippen molar-refractivity contribution in [3.63, 3.8) is 0 Å². The molecule has 1 fully saturated rings. The third-order valence-electron chi connectivity index (χ3n) is 3.57. The van der Waals surface area contributed by atoms with Crippen molar-refractivity contribution in [1.82, 2.24) is 9.47 Å². The molecule has 1 aromatic carbocycles. The Balaban J connectivity index is 1.99. The zero-order valence-electron chi connectivity index (χ0n) is 12.7. The largest absolute Gasteiger partial charge is 0.317 e. The minimum absolute atomic E-state index is 0.0153. The zero-order chi connectivity index (χ0) is 17.3. The quantitative estimate of drug-likeness (QED) is 0.482. The highest BCUT2D eigenvalue weighted by Gasteiger charge is 2.33. The van der Waals surface area contributed by atoms with Gasteiger partial charge in [-0.3, -0.25) is 24.6 Å². The number of imide groups is 1. The Morgan fingerprint density at radius 2 is 2.04 bits per heavy atom. The summed E-state index contributed by atoms with van der Waals surface area (Å²) in [5.41, 5.74) is 1.26. The number of benzene rings is 1. The lowest BCUT2D eigenvalue weighted by Crippen LogP contribution is -2.27. The number of nitro groups is 1. The lowest BCUT2D eigenvalue weighted by atomic mass is 10.2. The molecular formula is C16H13N3O4S. The molecule has 0 aliphatic carbocycles. The number of hydrogen-bond donors (Lipinski definition) is 0. The number of thioether (sulfide) groups is 1. The van der Waals surface area contributed by atoms with Crippen LogP contribution >= 0.6 is 11.8 Å². The van der Waals surface area contributed by atoms with Crippen molar-refractivity contribution in [3.8, 4) is 5.69 Å². The van der Waals surface area contributed by atoms with Gasteiger partial charge in [-0.05, 0) is 43.0 Å². The van der Waals surface area contributed by atoms with Crippen molar-refractivity contribution in [3.05, 3.63) is 63.3 Å². The molecule has 122 valence electrons. The Kier molecular flexibility index (Phi) is 4.22. The Morgan fingerprint density at radius 3 is 2.71 bits per heavy atom. The third kappa shape index (κ3) is 2.83. The summed E-state index contributed by atoms with van der Waals surface area (Å²) < 4.78 is 1.73. The summed E-state index contributed by atoms with van der Waals surface area (Å²) >= 11 is 0.894. The molecule has 24 heavy (non-hydrogen) atoms. The Labute approximate surface area is 141 Å². The van der Waals surface area contributed by atoms with E-state index < -0.39 is 4.92 Å². The van der Waals surface area contributed by atoms with Gasteiger partial charge in [-0.15, -0.1) is 0 Å². The van der Waals surface area contributed by atoms with Crippen molar-refractivity contribution in [2.24, 2.45) is 0 Å². The molecule has 1 saturated heterocycles. The van der Waals surface area contributed by atoms with E-state index in [1.807, 2.05) is 0 Å². The van der Waals surface area contributed by atoms with Gasteiger partial charge in [0.1, 0.15) is 0 Å². The predicted octanol–water partition coefficient (Wildman–Crippen LogP) is 3.44. The van der Waals surface area contributed by atoms with Crippen LogP contribution in [-0.2, 0) is 4.79 Å². The molecule has 1 aliphatic rings. The molecule has 0 unspecified atom stereocenters. The molecular weight excluding hydrogens is 330 g/mol. The Morgan fingerprint density at radius 1 is 1.25 bits per heavy atom. The molecule has 1 aromatic heterocycles. The molecule has 2 heterocycles. The highest BCUT2D eigenvalue weighted by atomic mass is 32.2. The van der Waals surface area contributed by atoms with Crippen LogP contribution in [-0.4, -0.2) is 32.1 Å². The molecule has 0 radical (unpaired) electrons. The van der Waals surface area contributed by atoms with E-state index in [1.165, 1.54) is 17.0 Å². The molecule has 2 amide bonds. The van der Waals surface area contributed by atoms with E-state index >= 15 is 0 Å². The van der Waals surface area contributed by atoms with Gasteiger partial charge in [0.05, 0.1) is 15.5 Å². The second kappa shape index (κ2) is 6.32. The summed E-state index contributed by atoms with van der Waals surface area (Å²) in [5.74, 6) is -0.320. The van der Waals surface area contributed by atoms with Gasteiger partial charge in [0.15, 0.2) is 0 Å². The summed E-state index contributed by atoms with van der Waals surface area (Å²) in [6.45, 7) is 2.07. The van der Waals surface area contributed by atoms with Crippen LogP contribution in [0, 0.1) is 10.1 Å². The number of amides is 2. The van der Waals surface area contributed by atoms with E-state index in [1.54, 1.807) is 48.0 Å². The summed E-state index contributed by atoms with van der Waals surface area (Å²) in [6, 6.07) is 9.76. The maximum absolute atomic E-state index is 12.2. The predicted molar refractivity (Wildman–Crippen MR) is 90.8 cm³/mol. The highest BCUT2D eigenvalue weighted by molar-refractivity contribution is 8.18. The molecule has 0 saturated carbocycles. The summed E-state index contributed by atoms with van der Waals surface area (Å²) in [5, 5.41) is 10.6. The maximum atomic E-state index is 12.2. The Bertz CT molecular complexity index is 872. The molecule has 3 rings (SSSR count). The average molecular weight is 343 g/mol. The lowest BCUT2D eigenvalue weighted by molar-refractivity contribution is -0.384. The first-order valence-electron chi connectivity index (χ1n) is 7.19. The molecule has 0 N–H and O–H groups in total. The standard InChI is InChI=1S/C16H13N3O4S/c1-2-17-15(20)14(24-16(17)21)10-12-7-4-8-18(12)11-5-3-6-13(9-11)19(22)23/h3-10H,2H2,1H3/b14-10-. The van der Waals surface area contributed by atoms with Gasteiger partial charge in [-0.25, -0.2) is 0 Å². The number of carbonyl (C=O) groups is 2. The zero-order valence-corrected chi connectivity index (χ0v) is 13.5. The minimum Gasteiger partial charge on any atom is -0.317 e. The number of nitro benzene ring substituents is 1. The Hall–Kier alpha value is -2.87. The molecule has 2 aromatic rings. The first-order valence-corrected chi connectivity index (χ1v) is 8.00. The van der Waals surface area contributed by atoms with Crippen LogP contribution in [0.15, 0.2) is 47.5 Å². The average Bonchev–Trinajstić information content (AvgIpc) is 3.12. The molecule has 0 bridgehead atoms. The summed E-state index contributed by atoms with van der Waals surface area (Å²) in [6.07, 6.45) is 3.37. The maximum Gasteiger partial charge on any atom is 0.293 e. The van der Waals surface area contributed by atoms with Crippen LogP contribution in [0.25, 0.3) is 11.8 Å². The van der Waals surface area contributed by atoms with Gasteiger partial charge in [0.25, 0.3) is 16.8 Å². The van der Waals surface area contributed by atoms with Crippen molar-refractivity contribution in [2.75, 3.05) is 6.54 Å². The first kappa shape index (κ1) is 16.0. The lowest BCUT2D eigenvalue weighted by Gasteiger charge is -2.08. The third-order valence-corrected chi connectivity index (χ3v) is 4.48. The number of non-ortho nitro benzene ring substituents is 1. The second-order valence-corrected chi connectivity index (χ2v) is 6.00. The van der Waals surface area contributed by atoms with Gasteiger partial charge in [0, 0.05) is 30.6 Å². The molecule has 7 nitrogen and oxygen atoms in total. The van der Waals surface area contributed by atoms with Gasteiger partial charge in [-0.2, -0.15) is 0 Å². The van der Waals surface area contributed by atoms with Crippen molar-refractivity contribution in [2.45, 2.75) is 6.92 Å². The topological polar surface area (TPSA) is 85.4 Å². The van der Waals surface area contributed by atoms with E-state index in [2.05, 4.69) is 0 Å². The smallest absolute Gasteiger partial charge is 0.293 e. The van der Waals surface area contributed by atoms with Gasteiger partial charge < -0.3 is 4.57 Å². The van der Waals surface area contributed by atoms with Gasteiger partial charge in [0.2, 0.25) is 0 Å². The fraction of sp³-hybridized carbons (Fsp3) is 0.125. The fourth-order valence-corrected chi connectivity index (χ4v) is 3.30. The second-order valence-electron chi connectivity index (χ2n) is 5.01. The number of nitrogens with zero attached hydrogens (tertiary/aromatic N) is 3. The van der Waals surface area contributed by atoms with Crippen LogP contribution in [0.5, 0.6) is 0 Å². The molecule has 1 aliphatic heterocycles. The van der Waals surface area contributed by atoms with E-state index in [-0.39, 0.29) is 16.8 Å². The number of aromatic nitrogens is 1. The van der Waals surface area contributed by atoms with Crippen molar-refractivity contribution >= 4 is 34.7 Å². The van der Waals surface area contributed by atoms with Crippen LogP contribution < -0.4 is 0 Å². The molecule has 8 heteroatoms. The minimum atomic E-state index is -0.459. The molecule has 0 atom stereocenters. The normalized spacial score (nSPS) is 16.2. The molecule has 0 spiro atoms. The van der Waals surface area contributed by atoms with E-state index in [4.69, 9.17) is 0 Å². The van der Waals surface area contributed by atoms with Crippen LogP contribution in [0.3, 0.4) is 0 Å². The summed E-state index contributed by atoms with van der Waals surface area (Å²) in [4.78, 5) is 35.9. The number of carbonyl (C=O) groups excluding carboxylic acids is 2. The van der Waals surface area contributed by atoms with E-state index in [9.17, 15) is 19.7 Å². The number of hydrogen-bond acceptors (Lipinski definition) is 5. The SMILES string of the molecule is CCN1C(=O)S/C(=C\c2cccn2-c2cccc([N+](=O)[O-])c2)C1=O. The highest BCUT2D eigenvalue weighted by Crippen LogP contribution is 2.32. The van der Waals surface area contributed by atoms with Crippen LogP contribution in [0.1, 0.15) is 12.6 Å². The van der Waals surface area contributed by atoms with Crippen molar-refractivity contribution in [1.29, 1.82) is 0 Å². The van der Waals surface area contributed by atoms with Crippen molar-refractivity contribution < 1.29 is 14.5 Å². The van der Waals surface area contributed by atoms with Crippen LogP contribution in [0.4, 0.5) is 10.5 Å². The van der Waals surface area contributed by atoms with E-state index in [0.29, 0.717) is 22.8 Å². The van der Waals surface area contributed by atoms with Gasteiger partial charge in [-0.1, -0.05) is 6.07 Å². The fourth-order valence-electron chi connectivity index (χ4n) is 2.41. The monoisotopic (exact) mass is 343 g/mol. The number of likely N-dealkylation sites (N-methyl/N-ethyl adjacent to an activating group) is 1. The number of rotatable bonds is 4.